The summed E-state index contributed by atoms with van der Waals surface area (Å²) < 4.78 is 0. The molecule has 0 spiro atoms. The predicted molar refractivity (Wildman–Crippen MR) is 102 cm³/mol. The maximum absolute atomic E-state index is 12.8. The number of carbonyl (C=O) groups excluding carboxylic acids is 1. The Labute approximate surface area is 150 Å². The summed E-state index contributed by atoms with van der Waals surface area (Å²) >= 11 is 1.64. The molecule has 1 N–H and O–H groups in total. The normalized spacial score (nSPS) is 13.3. The summed E-state index contributed by atoms with van der Waals surface area (Å²) in [5.41, 5.74) is 3.94. The summed E-state index contributed by atoms with van der Waals surface area (Å²) in [4.78, 5) is 15.6. The van der Waals surface area contributed by atoms with Crippen molar-refractivity contribution in [2.45, 2.75) is 25.8 Å². The van der Waals surface area contributed by atoms with Crippen molar-refractivity contribution in [2.75, 3.05) is 4.90 Å². The molecule has 126 valence electrons. The van der Waals surface area contributed by atoms with Crippen LogP contribution in [-0.4, -0.2) is 16.1 Å². The van der Waals surface area contributed by atoms with Crippen LogP contribution in [0.2, 0.25) is 0 Å². The molecule has 1 amide bonds. The number of aromatic amines is 1. The fourth-order valence-electron chi connectivity index (χ4n) is 3.19. The Balaban J connectivity index is 1.54. The molecule has 0 radical (unpaired) electrons. The largest absolute Gasteiger partial charge is 0.288 e. The molecule has 4 nitrogen and oxygen atoms in total. The van der Waals surface area contributed by atoms with Crippen molar-refractivity contribution >= 4 is 29.1 Å². The van der Waals surface area contributed by atoms with E-state index in [1.54, 1.807) is 28.5 Å². The van der Waals surface area contributed by atoms with Crippen molar-refractivity contribution in [2.24, 2.45) is 0 Å². The molecule has 3 aromatic rings. The van der Waals surface area contributed by atoms with Gasteiger partial charge in [0.05, 0.1) is 12.7 Å². The third kappa shape index (κ3) is 3.56. The van der Waals surface area contributed by atoms with Gasteiger partial charge in [-0.25, -0.2) is 0 Å². The third-order valence-electron chi connectivity index (χ3n) is 4.48. The number of nitrogens with one attached hydrogen (secondary N) is 1. The first-order valence-electron chi connectivity index (χ1n) is 8.43. The third-order valence-corrected chi connectivity index (χ3v) is 5.34. The number of hydrogen-bond donors (Lipinski definition) is 1. The molecule has 25 heavy (non-hydrogen) atoms. The molecular formula is C20H19N3OS. The molecule has 0 aliphatic heterocycles. The highest BCUT2D eigenvalue weighted by molar-refractivity contribution is 7.09. The first kappa shape index (κ1) is 15.8. The van der Waals surface area contributed by atoms with Crippen molar-refractivity contribution in [1.29, 1.82) is 0 Å². The van der Waals surface area contributed by atoms with Gasteiger partial charge in [-0.3, -0.25) is 14.8 Å². The number of thiophene rings is 1. The van der Waals surface area contributed by atoms with Gasteiger partial charge < -0.3 is 0 Å². The standard InChI is InChI=1S/C20H19N3OS/c24-20(9-7-15-6-8-16-3-1-4-17(16)13-15)23(19-10-11-21-22-19)14-18-5-2-12-25-18/h2,5-13H,1,3-4,14H2,(H,21,22)/b9-7+. The second-order valence-corrected chi connectivity index (χ2v) is 7.19. The number of anilines is 1. The highest BCUT2D eigenvalue weighted by Gasteiger charge is 2.16. The second kappa shape index (κ2) is 7.07. The van der Waals surface area contributed by atoms with Crippen LogP contribution in [0.25, 0.3) is 6.08 Å². The molecule has 0 atom stereocenters. The number of amides is 1. The van der Waals surface area contributed by atoms with Gasteiger partial charge in [-0.2, -0.15) is 5.10 Å². The summed E-state index contributed by atoms with van der Waals surface area (Å²) in [5, 5.41) is 8.88. The number of aromatic nitrogens is 2. The van der Waals surface area contributed by atoms with E-state index in [-0.39, 0.29) is 5.91 Å². The van der Waals surface area contributed by atoms with E-state index in [1.165, 1.54) is 24.0 Å². The molecule has 0 fully saturated rings. The van der Waals surface area contributed by atoms with Gasteiger partial charge in [0.25, 0.3) is 5.91 Å². The van der Waals surface area contributed by atoms with Crippen LogP contribution >= 0.6 is 11.3 Å². The molecule has 4 rings (SSSR count). The topological polar surface area (TPSA) is 49.0 Å². The lowest BCUT2D eigenvalue weighted by Crippen LogP contribution is -2.28. The molecule has 1 aliphatic carbocycles. The number of carbonyl (C=O) groups is 1. The highest BCUT2D eigenvalue weighted by Crippen LogP contribution is 2.23. The molecule has 0 saturated heterocycles. The maximum atomic E-state index is 12.8. The maximum Gasteiger partial charge on any atom is 0.252 e. The molecular weight excluding hydrogens is 330 g/mol. The number of nitrogens with zero attached hydrogens (tertiary/aromatic N) is 2. The van der Waals surface area contributed by atoms with Crippen LogP contribution < -0.4 is 4.90 Å². The Hall–Kier alpha value is -2.66. The monoisotopic (exact) mass is 349 g/mol. The lowest BCUT2D eigenvalue weighted by atomic mass is 10.1. The molecule has 0 unspecified atom stereocenters. The first-order valence-corrected chi connectivity index (χ1v) is 9.31. The van der Waals surface area contributed by atoms with E-state index in [4.69, 9.17) is 0 Å². The van der Waals surface area contributed by atoms with Gasteiger partial charge in [0.15, 0.2) is 0 Å². The molecule has 2 heterocycles. The van der Waals surface area contributed by atoms with Gasteiger partial charge in [-0.15, -0.1) is 11.3 Å². The Morgan fingerprint density at radius 2 is 2.16 bits per heavy atom. The zero-order valence-corrected chi connectivity index (χ0v) is 14.6. The Bertz CT molecular complexity index is 882. The van der Waals surface area contributed by atoms with Gasteiger partial charge in [0.2, 0.25) is 0 Å². The van der Waals surface area contributed by atoms with Gasteiger partial charge in [0.1, 0.15) is 5.82 Å². The lowest BCUT2D eigenvalue weighted by molar-refractivity contribution is -0.114. The van der Waals surface area contributed by atoms with E-state index in [9.17, 15) is 4.79 Å². The van der Waals surface area contributed by atoms with Crippen LogP contribution in [0.3, 0.4) is 0 Å². The van der Waals surface area contributed by atoms with Crippen LogP contribution in [0.15, 0.2) is 54.1 Å². The number of H-pyrrole nitrogens is 1. The number of hydrogen-bond acceptors (Lipinski definition) is 3. The van der Waals surface area contributed by atoms with Crippen LogP contribution in [0.1, 0.15) is 28.0 Å². The Kier molecular flexibility index (Phi) is 4.48. The zero-order valence-electron chi connectivity index (χ0n) is 13.8. The van der Waals surface area contributed by atoms with Gasteiger partial charge >= 0.3 is 0 Å². The predicted octanol–water partition coefficient (Wildman–Crippen LogP) is 4.21. The van der Waals surface area contributed by atoms with Crippen LogP contribution in [0.4, 0.5) is 5.82 Å². The lowest BCUT2D eigenvalue weighted by Gasteiger charge is -2.18. The Morgan fingerprint density at radius 3 is 2.96 bits per heavy atom. The van der Waals surface area contributed by atoms with Crippen molar-refractivity contribution in [1.82, 2.24) is 10.2 Å². The molecule has 1 aromatic carbocycles. The summed E-state index contributed by atoms with van der Waals surface area (Å²) in [5.74, 6) is 0.648. The van der Waals surface area contributed by atoms with Crippen LogP contribution in [0.5, 0.6) is 0 Å². The van der Waals surface area contributed by atoms with Crippen molar-refractivity contribution in [3.63, 3.8) is 0 Å². The average Bonchev–Trinajstić information content (AvgIpc) is 3.39. The van der Waals surface area contributed by atoms with Gasteiger partial charge in [-0.1, -0.05) is 24.3 Å². The van der Waals surface area contributed by atoms with Crippen molar-refractivity contribution in [3.05, 3.63) is 75.6 Å². The average molecular weight is 349 g/mol. The summed E-state index contributed by atoms with van der Waals surface area (Å²) in [6, 6.07) is 12.3. The van der Waals surface area contributed by atoms with Crippen molar-refractivity contribution in [3.8, 4) is 0 Å². The van der Waals surface area contributed by atoms with Crippen LogP contribution in [0, 0.1) is 0 Å². The summed E-state index contributed by atoms with van der Waals surface area (Å²) in [6.07, 6.45) is 8.75. The Morgan fingerprint density at radius 1 is 1.24 bits per heavy atom. The number of aryl methyl sites for hydroxylation is 2. The van der Waals surface area contributed by atoms with Gasteiger partial charge in [0, 0.05) is 17.0 Å². The second-order valence-electron chi connectivity index (χ2n) is 6.16. The number of fused-ring (bicyclic) bond motifs is 1. The van der Waals surface area contributed by atoms with E-state index < -0.39 is 0 Å². The number of benzene rings is 1. The van der Waals surface area contributed by atoms with E-state index >= 15 is 0 Å². The van der Waals surface area contributed by atoms with Crippen LogP contribution in [-0.2, 0) is 24.2 Å². The molecule has 1 aliphatic rings. The molecule has 0 saturated carbocycles. The van der Waals surface area contributed by atoms with Gasteiger partial charge in [-0.05, 0) is 53.5 Å². The zero-order chi connectivity index (χ0) is 17.1. The fraction of sp³-hybridized carbons (Fsp3) is 0.200. The summed E-state index contributed by atoms with van der Waals surface area (Å²) in [7, 11) is 0. The molecule has 2 aromatic heterocycles. The van der Waals surface area contributed by atoms with Crippen molar-refractivity contribution < 1.29 is 4.79 Å². The van der Waals surface area contributed by atoms with E-state index in [1.807, 2.05) is 29.7 Å². The summed E-state index contributed by atoms with van der Waals surface area (Å²) in [6.45, 7) is 0.535. The SMILES string of the molecule is O=C(/C=C/c1ccc2c(c1)CCC2)N(Cc1cccs1)c1ccn[nH]1. The van der Waals surface area contributed by atoms with E-state index in [0.29, 0.717) is 12.4 Å². The molecule has 5 heteroatoms. The fourth-order valence-corrected chi connectivity index (χ4v) is 3.88. The van der Waals surface area contributed by atoms with E-state index in [2.05, 4.69) is 28.4 Å². The smallest absolute Gasteiger partial charge is 0.252 e. The first-order chi connectivity index (χ1) is 12.3. The number of rotatable bonds is 5. The minimum absolute atomic E-state index is 0.0573. The molecule has 0 bridgehead atoms. The highest BCUT2D eigenvalue weighted by atomic mass is 32.1. The minimum Gasteiger partial charge on any atom is -0.288 e. The minimum atomic E-state index is -0.0573. The van der Waals surface area contributed by atoms with E-state index in [0.717, 1.165) is 16.9 Å². The quantitative estimate of drug-likeness (QED) is 0.702.